The van der Waals surface area contributed by atoms with E-state index in [0.717, 1.165) is 56.3 Å². The van der Waals surface area contributed by atoms with E-state index in [4.69, 9.17) is 4.74 Å². The summed E-state index contributed by atoms with van der Waals surface area (Å²) >= 11 is 0. The lowest BCUT2D eigenvalue weighted by Gasteiger charge is -2.39. The van der Waals surface area contributed by atoms with E-state index in [2.05, 4.69) is 16.0 Å². The Morgan fingerprint density at radius 1 is 0.927 bits per heavy atom. The molecule has 2 saturated heterocycles. The lowest BCUT2D eigenvalue weighted by Crippen LogP contribution is -2.59. The molecule has 0 aromatic heterocycles. The number of benzene rings is 2. The number of likely N-dealkylation sites (tertiary alicyclic amines) is 1. The maximum atomic E-state index is 14.5. The molecule has 222 valence electrons. The van der Waals surface area contributed by atoms with Gasteiger partial charge in [-0.25, -0.2) is 4.79 Å². The molecule has 2 aliphatic rings. The first-order valence-electron chi connectivity index (χ1n) is 15.1. The number of hydrogen-bond donors (Lipinski definition) is 3. The molecule has 2 aromatic carbocycles. The summed E-state index contributed by atoms with van der Waals surface area (Å²) in [5.41, 5.74) is 1.07. The molecular formula is C33H46N4O4. The molecule has 0 bridgehead atoms. The Labute approximate surface area is 244 Å². The molecule has 2 atom stereocenters. The van der Waals surface area contributed by atoms with E-state index >= 15 is 0 Å². The second-order valence-electron chi connectivity index (χ2n) is 12.2. The van der Waals surface area contributed by atoms with Gasteiger partial charge in [-0.3, -0.25) is 9.59 Å². The molecule has 8 nitrogen and oxygen atoms in total. The highest BCUT2D eigenvalue weighted by atomic mass is 16.6. The van der Waals surface area contributed by atoms with Crippen LogP contribution in [0.1, 0.15) is 76.3 Å². The third-order valence-corrected chi connectivity index (χ3v) is 7.99. The maximum Gasteiger partial charge on any atom is 0.408 e. The lowest BCUT2D eigenvalue weighted by molar-refractivity contribution is -0.144. The van der Waals surface area contributed by atoms with Gasteiger partial charge in [-0.15, -0.1) is 0 Å². The van der Waals surface area contributed by atoms with Crippen molar-refractivity contribution in [2.45, 2.75) is 82.9 Å². The summed E-state index contributed by atoms with van der Waals surface area (Å²) in [4.78, 5) is 42.8. The smallest absolute Gasteiger partial charge is 0.408 e. The number of carbonyl (C=O) groups is 3. The predicted molar refractivity (Wildman–Crippen MR) is 160 cm³/mol. The second-order valence-corrected chi connectivity index (χ2v) is 12.2. The third kappa shape index (κ3) is 8.80. The van der Waals surface area contributed by atoms with Crippen LogP contribution in [0, 0.1) is 5.92 Å². The van der Waals surface area contributed by atoms with Gasteiger partial charge >= 0.3 is 6.09 Å². The van der Waals surface area contributed by atoms with Crippen LogP contribution >= 0.6 is 0 Å². The van der Waals surface area contributed by atoms with Crippen molar-refractivity contribution in [3.8, 4) is 0 Å². The van der Waals surface area contributed by atoms with Crippen LogP contribution in [-0.2, 0) is 14.3 Å². The summed E-state index contributed by atoms with van der Waals surface area (Å²) in [6.45, 7) is 8.52. The zero-order valence-electron chi connectivity index (χ0n) is 24.7. The molecule has 2 fully saturated rings. The highest BCUT2D eigenvalue weighted by Gasteiger charge is 2.41. The average Bonchev–Trinajstić information content (AvgIpc) is 2.97. The van der Waals surface area contributed by atoms with Crippen LogP contribution in [0.4, 0.5) is 4.79 Å². The highest BCUT2D eigenvalue weighted by molar-refractivity contribution is 5.92. The molecule has 2 aliphatic heterocycles. The normalized spacial score (nSPS) is 18.9. The number of alkyl carbamates (subject to hydrolysis) is 1. The van der Waals surface area contributed by atoms with Crippen LogP contribution in [-0.4, -0.2) is 66.7 Å². The van der Waals surface area contributed by atoms with Gasteiger partial charge in [0.05, 0.1) is 0 Å². The minimum Gasteiger partial charge on any atom is -0.444 e. The van der Waals surface area contributed by atoms with Gasteiger partial charge in [-0.05, 0) is 89.4 Å². The van der Waals surface area contributed by atoms with Gasteiger partial charge in [0, 0.05) is 19.0 Å². The van der Waals surface area contributed by atoms with E-state index in [1.807, 2.05) is 60.7 Å². The van der Waals surface area contributed by atoms with Gasteiger partial charge in [-0.1, -0.05) is 60.7 Å². The molecular weight excluding hydrogens is 516 g/mol. The number of amides is 3. The second kappa shape index (κ2) is 14.5. The summed E-state index contributed by atoms with van der Waals surface area (Å²) < 4.78 is 5.61. The number of carbonyl (C=O) groups excluding carboxylic acids is 3. The van der Waals surface area contributed by atoms with E-state index in [9.17, 15) is 14.4 Å². The zero-order valence-corrected chi connectivity index (χ0v) is 24.7. The van der Waals surface area contributed by atoms with Crippen molar-refractivity contribution >= 4 is 17.9 Å². The van der Waals surface area contributed by atoms with Crippen molar-refractivity contribution in [2.75, 3.05) is 26.2 Å². The molecule has 0 saturated carbocycles. The van der Waals surface area contributed by atoms with Crippen LogP contribution in [0.2, 0.25) is 0 Å². The topological polar surface area (TPSA) is 99.8 Å². The van der Waals surface area contributed by atoms with Crippen molar-refractivity contribution < 1.29 is 19.1 Å². The molecule has 0 aliphatic carbocycles. The number of nitrogens with zero attached hydrogens (tertiary/aromatic N) is 1. The summed E-state index contributed by atoms with van der Waals surface area (Å²) in [6.07, 6.45) is 4.83. The van der Waals surface area contributed by atoms with Crippen LogP contribution in [0.15, 0.2) is 60.7 Å². The van der Waals surface area contributed by atoms with Gasteiger partial charge in [0.2, 0.25) is 11.8 Å². The van der Waals surface area contributed by atoms with Gasteiger partial charge in [0.1, 0.15) is 17.7 Å². The molecule has 2 aromatic rings. The SMILES string of the molecule is CC(C)(C)OC(=O)N[C@@H](C(=O)N1CCCCC1C(=O)NCCC1CCNCC1)C(c1ccccc1)c1ccccc1. The fourth-order valence-corrected chi connectivity index (χ4v) is 5.95. The quantitative estimate of drug-likeness (QED) is 0.415. The van der Waals surface area contributed by atoms with Crippen molar-refractivity contribution in [1.29, 1.82) is 0 Å². The summed E-state index contributed by atoms with van der Waals surface area (Å²) in [5, 5.41) is 9.43. The van der Waals surface area contributed by atoms with Gasteiger partial charge < -0.3 is 25.6 Å². The van der Waals surface area contributed by atoms with Crippen molar-refractivity contribution in [3.05, 3.63) is 71.8 Å². The Hall–Kier alpha value is -3.39. The predicted octanol–water partition coefficient (Wildman–Crippen LogP) is 4.60. The molecule has 4 rings (SSSR count). The first-order valence-corrected chi connectivity index (χ1v) is 15.1. The number of hydrogen-bond acceptors (Lipinski definition) is 5. The van der Waals surface area contributed by atoms with Crippen molar-refractivity contribution in [2.24, 2.45) is 5.92 Å². The number of rotatable bonds is 9. The minimum absolute atomic E-state index is 0.112. The molecule has 0 spiro atoms. The van der Waals surface area contributed by atoms with Crippen LogP contribution in [0.25, 0.3) is 0 Å². The van der Waals surface area contributed by atoms with Gasteiger partial charge in [0.25, 0.3) is 0 Å². The monoisotopic (exact) mass is 562 g/mol. The number of piperidine rings is 2. The molecule has 2 heterocycles. The van der Waals surface area contributed by atoms with Crippen molar-refractivity contribution in [3.63, 3.8) is 0 Å². The van der Waals surface area contributed by atoms with Crippen molar-refractivity contribution in [1.82, 2.24) is 20.9 Å². The zero-order chi connectivity index (χ0) is 29.2. The van der Waals surface area contributed by atoms with Crippen LogP contribution in [0.3, 0.4) is 0 Å². The Kier molecular flexibility index (Phi) is 10.8. The fraction of sp³-hybridized carbons (Fsp3) is 0.545. The molecule has 3 amide bonds. The third-order valence-electron chi connectivity index (χ3n) is 7.99. The fourth-order valence-electron chi connectivity index (χ4n) is 5.95. The summed E-state index contributed by atoms with van der Waals surface area (Å²) in [6, 6.07) is 17.9. The van der Waals surface area contributed by atoms with Crippen LogP contribution < -0.4 is 16.0 Å². The first kappa shape index (κ1) is 30.6. The Morgan fingerprint density at radius 2 is 1.54 bits per heavy atom. The minimum atomic E-state index is -0.960. The number of nitrogens with one attached hydrogen (secondary N) is 3. The summed E-state index contributed by atoms with van der Waals surface area (Å²) in [7, 11) is 0. The van der Waals surface area contributed by atoms with E-state index < -0.39 is 29.7 Å². The maximum absolute atomic E-state index is 14.5. The van der Waals surface area contributed by atoms with E-state index in [-0.39, 0.29) is 11.8 Å². The summed E-state index contributed by atoms with van der Waals surface area (Å²) in [5.74, 6) is -0.241. The van der Waals surface area contributed by atoms with Gasteiger partial charge in [0.15, 0.2) is 0 Å². The van der Waals surface area contributed by atoms with E-state index in [0.29, 0.717) is 25.4 Å². The Bertz CT molecular complexity index is 1090. The highest BCUT2D eigenvalue weighted by Crippen LogP contribution is 2.31. The average molecular weight is 563 g/mol. The molecule has 0 radical (unpaired) electrons. The first-order chi connectivity index (χ1) is 19.7. The van der Waals surface area contributed by atoms with E-state index in [1.54, 1.807) is 25.7 Å². The molecule has 8 heteroatoms. The lowest BCUT2D eigenvalue weighted by atomic mass is 9.83. The van der Waals surface area contributed by atoms with E-state index in [1.165, 1.54) is 0 Å². The Morgan fingerprint density at radius 3 is 2.12 bits per heavy atom. The largest absolute Gasteiger partial charge is 0.444 e. The standard InChI is InChI=1S/C33H46N4O4/c1-33(2,3)41-32(40)36-29(28(25-12-6-4-7-13-25)26-14-8-5-9-15-26)31(39)37-23-11-10-16-27(37)30(38)35-22-19-24-17-20-34-21-18-24/h4-9,12-15,24,27-29,34H,10-11,16-23H2,1-3H3,(H,35,38)(H,36,40)/t27?,29-/m1/s1. The van der Waals surface area contributed by atoms with Crippen LogP contribution in [0.5, 0.6) is 0 Å². The number of ether oxygens (including phenoxy) is 1. The Balaban J connectivity index is 1.60. The molecule has 41 heavy (non-hydrogen) atoms. The molecule has 3 N–H and O–H groups in total. The molecule has 1 unspecified atom stereocenters. The van der Waals surface area contributed by atoms with Gasteiger partial charge in [-0.2, -0.15) is 0 Å².